The molecule has 0 spiro atoms. The molecule has 0 unspecified atom stereocenters. The van der Waals surface area contributed by atoms with Crippen LogP contribution in [0.1, 0.15) is 70.8 Å². The van der Waals surface area contributed by atoms with Crippen molar-refractivity contribution in [3.05, 3.63) is 66.8 Å². The van der Waals surface area contributed by atoms with Crippen LogP contribution in [-0.4, -0.2) is 0 Å². The fraction of sp³-hybridized carbons (Fsp3) is 0.455. The van der Waals surface area contributed by atoms with E-state index in [4.69, 9.17) is 0 Å². The molecule has 0 aliphatic rings. The van der Waals surface area contributed by atoms with Gasteiger partial charge in [0.25, 0.3) is 0 Å². The van der Waals surface area contributed by atoms with E-state index in [9.17, 15) is 0 Å². The molecule has 22 heavy (non-hydrogen) atoms. The molecule has 1 aromatic rings. The zero-order valence-corrected chi connectivity index (χ0v) is 14.7. The Kier molecular flexibility index (Phi) is 14.7. The fourth-order valence-corrected chi connectivity index (χ4v) is 2.25. The third-order valence-electron chi connectivity index (χ3n) is 3.59. The summed E-state index contributed by atoms with van der Waals surface area (Å²) in [5.41, 5.74) is 2.77. The number of unbranched alkanes of at least 4 members (excludes halogenated alkanes) is 4. The van der Waals surface area contributed by atoms with Crippen molar-refractivity contribution in [2.24, 2.45) is 0 Å². The highest BCUT2D eigenvalue weighted by Gasteiger charge is 1.96. The molecule has 0 fully saturated rings. The Bertz CT molecular complexity index is 385. The van der Waals surface area contributed by atoms with Crippen molar-refractivity contribution < 1.29 is 0 Å². The predicted octanol–water partition coefficient (Wildman–Crippen LogP) is 7.59. The monoisotopic (exact) mass is 298 g/mol. The molecular weight excluding hydrogens is 264 g/mol. The first-order valence-corrected chi connectivity index (χ1v) is 8.76. The van der Waals surface area contributed by atoms with Crippen molar-refractivity contribution in [2.75, 3.05) is 0 Å². The van der Waals surface area contributed by atoms with Gasteiger partial charge in [-0.2, -0.15) is 0 Å². The quantitative estimate of drug-likeness (QED) is 0.308. The molecule has 1 aromatic carbocycles. The van der Waals surface area contributed by atoms with Gasteiger partial charge in [-0.15, -0.1) is 0 Å². The number of rotatable bonds is 10. The van der Waals surface area contributed by atoms with Crippen LogP contribution in [0.2, 0.25) is 0 Å². The lowest BCUT2D eigenvalue weighted by atomic mass is 10.0. The molecule has 0 heteroatoms. The lowest BCUT2D eigenvalue weighted by Gasteiger charge is -2.05. The molecule has 0 radical (unpaired) electrons. The van der Waals surface area contributed by atoms with Gasteiger partial charge in [0.05, 0.1) is 0 Å². The summed E-state index contributed by atoms with van der Waals surface area (Å²) in [7, 11) is 0. The molecule has 0 saturated heterocycles. The van der Waals surface area contributed by atoms with E-state index in [0.29, 0.717) is 0 Å². The van der Waals surface area contributed by atoms with Crippen LogP contribution in [-0.2, 0) is 0 Å². The van der Waals surface area contributed by atoms with Gasteiger partial charge in [-0.3, -0.25) is 0 Å². The van der Waals surface area contributed by atoms with Crippen molar-refractivity contribution in [1.82, 2.24) is 0 Å². The van der Waals surface area contributed by atoms with Crippen LogP contribution < -0.4 is 0 Å². The standard InChI is InChI=1S/C14H26.C8H8/c1-4-7-9-12-14(11-6-3)13-10-8-5-2;1-2-8-6-4-3-5-7-8/h6,11H,3-5,7-10,12-13H2,1-2H3;2-7H,1H2. The Morgan fingerprint density at radius 1 is 0.864 bits per heavy atom. The molecule has 0 heterocycles. The highest BCUT2D eigenvalue weighted by atomic mass is 14.0. The molecule has 122 valence electrons. The summed E-state index contributed by atoms with van der Waals surface area (Å²) in [5, 5.41) is 0. The van der Waals surface area contributed by atoms with Gasteiger partial charge in [0.15, 0.2) is 0 Å². The van der Waals surface area contributed by atoms with E-state index in [1.165, 1.54) is 56.9 Å². The molecule has 0 aliphatic heterocycles. The molecule has 0 atom stereocenters. The molecular formula is C22H34. The van der Waals surface area contributed by atoms with Gasteiger partial charge < -0.3 is 0 Å². The molecule has 0 saturated carbocycles. The summed E-state index contributed by atoms with van der Waals surface area (Å²) >= 11 is 0. The maximum absolute atomic E-state index is 3.78. The van der Waals surface area contributed by atoms with Gasteiger partial charge in [0, 0.05) is 0 Å². The van der Waals surface area contributed by atoms with E-state index in [1.54, 1.807) is 5.57 Å². The van der Waals surface area contributed by atoms with E-state index >= 15 is 0 Å². The SMILES string of the molecule is C=CC=C(CCCCC)CCCCC.C=Cc1ccccc1. The average molecular weight is 299 g/mol. The van der Waals surface area contributed by atoms with E-state index in [2.05, 4.69) is 33.1 Å². The minimum absolute atomic E-state index is 1.17. The van der Waals surface area contributed by atoms with Crippen LogP contribution in [0.4, 0.5) is 0 Å². The lowest BCUT2D eigenvalue weighted by molar-refractivity contribution is 0.659. The second-order valence-electron chi connectivity index (χ2n) is 5.59. The van der Waals surface area contributed by atoms with Gasteiger partial charge in [-0.25, -0.2) is 0 Å². The van der Waals surface area contributed by atoms with Crippen molar-refractivity contribution in [1.29, 1.82) is 0 Å². The first kappa shape index (κ1) is 20.4. The second kappa shape index (κ2) is 15.8. The Hall–Kier alpha value is -1.56. The van der Waals surface area contributed by atoms with E-state index in [1.807, 2.05) is 42.5 Å². The summed E-state index contributed by atoms with van der Waals surface area (Å²) in [6, 6.07) is 10.0. The zero-order chi connectivity index (χ0) is 16.5. The smallest absolute Gasteiger partial charge is 0.0263 e. The zero-order valence-electron chi connectivity index (χ0n) is 14.7. The third-order valence-corrected chi connectivity index (χ3v) is 3.59. The summed E-state index contributed by atoms with van der Waals surface area (Å²) in [4.78, 5) is 0. The van der Waals surface area contributed by atoms with Gasteiger partial charge in [0.1, 0.15) is 0 Å². The van der Waals surface area contributed by atoms with Crippen LogP contribution in [0.25, 0.3) is 6.08 Å². The van der Waals surface area contributed by atoms with E-state index < -0.39 is 0 Å². The van der Waals surface area contributed by atoms with E-state index in [0.717, 1.165) is 0 Å². The highest BCUT2D eigenvalue weighted by molar-refractivity contribution is 5.45. The van der Waals surface area contributed by atoms with Crippen LogP contribution >= 0.6 is 0 Å². The first-order valence-electron chi connectivity index (χ1n) is 8.76. The maximum Gasteiger partial charge on any atom is -0.0263 e. The van der Waals surface area contributed by atoms with Crippen LogP contribution in [0, 0.1) is 0 Å². The first-order chi connectivity index (χ1) is 10.8. The topological polar surface area (TPSA) is 0 Å². The number of benzene rings is 1. The van der Waals surface area contributed by atoms with Crippen molar-refractivity contribution in [2.45, 2.75) is 65.2 Å². The highest BCUT2D eigenvalue weighted by Crippen LogP contribution is 2.16. The second-order valence-corrected chi connectivity index (χ2v) is 5.59. The summed E-state index contributed by atoms with van der Waals surface area (Å²) in [6.07, 6.45) is 16.6. The van der Waals surface area contributed by atoms with Gasteiger partial charge >= 0.3 is 0 Å². The van der Waals surface area contributed by atoms with Gasteiger partial charge in [-0.1, -0.05) is 107 Å². The van der Waals surface area contributed by atoms with Crippen molar-refractivity contribution in [3.8, 4) is 0 Å². The number of allylic oxidation sites excluding steroid dienone is 3. The maximum atomic E-state index is 3.78. The lowest BCUT2D eigenvalue weighted by Crippen LogP contribution is -1.86. The Morgan fingerprint density at radius 2 is 1.41 bits per heavy atom. The van der Waals surface area contributed by atoms with Crippen molar-refractivity contribution in [3.63, 3.8) is 0 Å². The van der Waals surface area contributed by atoms with Gasteiger partial charge in [0.2, 0.25) is 0 Å². The van der Waals surface area contributed by atoms with Crippen LogP contribution in [0.5, 0.6) is 0 Å². The van der Waals surface area contributed by atoms with Gasteiger partial charge in [-0.05, 0) is 31.2 Å². The average Bonchev–Trinajstić information content (AvgIpc) is 2.56. The third kappa shape index (κ3) is 12.2. The van der Waals surface area contributed by atoms with Crippen molar-refractivity contribution >= 4 is 6.08 Å². The molecule has 0 aliphatic carbocycles. The number of hydrogen-bond acceptors (Lipinski definition) is 0. The number of hydrogen-bond donors (Lipinski definition) is 0. The Labute approximate surface area is 138 Å². The summed E-state index contributed by atoms with van der Waals surface area (Å²) in [6.45, 7) is 11.9. The van der Waals surface area contributed by atoms with Crippen LogP contribution in [0.15, 0.2) is 61.2 Å². The van der Waals surface area contributed by atoms with E-state index in [-0.39, 0.29) is 0 Å². The Morgan fingerprint density at radius 3 is 1.77 bits per heavy atom. The van der Waals surface area contributed by atoms with Crippen LogP contribution in [0.3, 0.4) is 0 Å². The minimum atomic E-state index is 1.17. The normalized spacial score (nSPS) is 9.36. The largest absolute Gasteiger partial charge is 0.0991 e. The molecule has 0 N–H and O–H groups in total. The molecule has 0 aromatic heterocycles. The summed E-state index contributed by atoms with van der Waals surface area (Å²) in [5.74, 6) is 0. The summed E-state index contributed by atoms with van der Waals surface area (Å²) < 4.78 is 0. The molecule has 0 amide bonds. The molecule has 1 rings (SSSR count). The minimum Gasteiger partial charge on any atom is -0.0991 e. The molecule has 0 bridgehead atoms. The Balaban J connectivity index is 0.000000461. The molecule has 0 nitrogen and oxygen atoms in total. The fourth-order valence-electron chi connectivity index (χ4n) is 2.25. The predicted molar refractivity (Wildman–Crippen MR) is 103 cm³/mol.